The molecule has 8 unspecified atom stereocenters. The molecule has 2 aliphatic heterocycles. The van der Waals surface area contributed by atoms with Crippen LogP contribution in [0, 0.1) is 11.8 Å². The molecule has 2 heterocycles. The fourth-order valence-electron chi connectivity index (χ4n) is 7.59. The molecule has 4 fully saturated rings. The van der Waals surface area contributed by atoms with Crippen LogP contribution in [0.1, 0.15) is 75.1 Å². The minimum Gasteiger partial charge on any atom is -0.479 e. The van der Waals surface area contributed by atoms with Crippen LogP contribution in [-0.4, -0.2) is 135 Å². The van der Waals surface area contributed by atoms with Crippen LogP contribution in [0.5, 0.6) is 0 Å². The van der Waals surface area contributed by atoms with Gasteiger partial charge in [-0.15, -0.1) is 0 Å². The first-order valence-electron chi connectivity index (χ1n) is 17.9. The van der Waals surface area contributed by atoms with E-state index in [1.165, 1.54) is 12.1 Å². The van der Waals surface area contributed by atoms with Gasteiger partial charge in [0.1, 0.15) is 36.6 Å². The van der Waals surface area contributed by atoms with Gasteiger partial charge in [0, 0.05) is 0 Å². The van der Waals surface area contributed by atoms with Crippen molar-refractivity contribution in [1.82, 2.24) is 0 Å². The van der Waals surface area contributed by atoms with E-state index in [9.17, 15) is 53.4 Å². The molecule has 1 aromatic rings. The number of carbonyl (C=O) groups excluding carboxylic acids is 1. The average molecular weight is 751 g/mol. The Kier molecular flexibility index (Phi) is 13.9. The van der Waals surface area contributed by atoms with Gasteiger partial charge in [0.15, 0.2) is 30.9 Å². The van der Waals surface area contributed by atoms with Gasteiger partial charge in [-0.2, -0.15) is 13.2 Å². The van der Waals surface area contributed by atoms with Crippen molar-refractivity contribution in [3.8, 4) is 0 Å². The van der Waals surface area contributed by atoms with Gasteiger partial charge in [-0.1, -0.05) is 63.6 Å². The molecule has 17 heteroatoms. The summed E-state index contributed by atoms with van der Waals surface area (Å²) in [5, 5.41) is 62.5. The molecule has 294 valence electrons. The number of aliphatic hydroxyl groups is 5. The number of aliphatic hydroxyl groups excluding tert-OH is 5. The van der Waals surface area contributed by atoms with Gasteiger partial charge < -0.3 is 59.1 Å². The molecular formula is C35H49F3O14. The van der Waals surface area contributed by atoms with Crippen LogP contribution in [-0.2, 0) is 33.2 Å². The summed E-state index contributed by atoms with van der Waals surface area (Å²) in [6.07, 6.45) is -22.5. The summed E-state index contributed by atoms with van der Waals surface area (Å²) in [5.41, 5.74) is 0.103. The molecule has 0 spiro atoms. The predicted molar refractivity (Wildman–Crippen MR) is 170 cm³/mol. The minimum absolute atomic E-state index is 0.0356. The first-order chi connectivity index (χ1) is 24.7. The topological polar surface area (TPSA) is 211 Å². The number of carbonyl (C=O) groups is 2. The number of alkyl halides is 3. The number of hydrogen-bond acceptors (Lipinski definition) is 13. The van der Waals surface area contributed by atoms with Crippen LogP contribution < -0.4 is 0 Å². The second-order valence-corrected chi connectivity index (χ2v) is 14.2. The number of benzene rings is 1. The molecule has 5 rings (SSSR count). The van der Waals surface area contributed by atoms with E-state index in [1.54, 1.807) is 25.1 Å². The number of hydrogen-bond donors (Lipinski definition) is 6. The lowest BCUT2D eigenvalue weighted by Gasteiger charge is -2.47. The Morgan fingerprint density at radius 2 is 1.52 bits per heavy atom. The van der Waals surface area contributed by atoms with E-state index >= 15 is 0 Å². The van der Waals surface area contributed by atoms with Crippen LogP contribution in [0.25, 0.3) is 0 Å². The molecule has 14 nitrogen and oxygen atoms in total. The van der Waals surface area contributed by atoms with Gasteiger partial charge in [0.25, 0.3) is 0 Å². The monoisotopic (exact) mass is 750 g/mol. The van der Waals surface area contributed by atoms with Crippen molar-refractivity contribution in [3.63, 3.8) is 0 Å². The largest absolute Gasteiger partial charge is 0.479 e. The quantitative estimate of drug-likeness (QED) is 0.169. The maximum atomic E-state index is 13.7. The molecule has 0 radical (unpaired) electrons. The number of halogens is 3. The number of aliphatic carboxylic acids is 1. The van der Waals surface area contributed by atoms with E-state index in [4.69, 9.17) is 28.4 Å². The first kappa shape index (κ1) is 40.7. The highest BCUT2D eigenvalue weighted by atomic mass is 19.4. The summed E-state index contributed by atoms with van der Waals surface area (Å²) >= 11 is 0. The van der Waals surface area contributed by atoms with Crippen molar-refractivity contribution in [2.45, 2.75) is 151 Å². The predicted octanol–water partition coefficient (Wildman–Crippen LogP) is 2.06. The minimum atomic E-state index is -5.11. The van der Waals surface area contributed by atoms with E-state index in [1.807, 2.05) is 0 Å². The molecule has 4 aliphatic rings. The molecule has 2 saturated carbocycles. The SMILES string of the molecule is CC1CCC[C@@H](O[C@@H]2OC(CO)[C@H](O)C(O[C@@H](CC3CCCCC3)C(=O)O)C2OC(=O)c2ccccc2)C1O[C@@H]1OC(C(F)(F)F)[C@@H](O)C(O)C1O. The number of rotatable bonds is 12. The Morgan fingerprint density at radius 1 is 0.827 bits per heavy atom. The van der Waals surface area contributed by atoms with E-state index in [0.29, 0.717) is 12.8 Å². The maximum Gasteiger partial charge on any atom is 0.417 e. The summed E-state index contributed by atoms with van der Waals surface area (Å²) < 4.78 is 76.1. The molecule has 6 N–H and O–H groups in total. The Hall–Kier alpha value is -2.45. The smallest absolute Gasteiger partial charge is 0.417 e. The average Bonchev–Trinajstić information content (AvgIpc) is 3.11. The maximum absolute atomic E-state index is 13.7. The molecule has 52 heavy (non-hydrogen) atoms. The Balaban J connectivity index is 1.43. The van der Waals surface area contributed by atoms with Crippen LogP contribution in [0.4, 0.5) is 13.2 Å². The van der Waals surface area contributed by atoms with E-state index in [2.05, 4.69) is 0 Å². The summed E-state index contributed by atoms with van der Waals surface area (Å²) in [5.74, 6) is -2.59. The van der Waals surface area contributed by atoms with Crippen molar-refractivity contribution in [2.75, 3.05) is 6.61 Å². The second kappa shape index (κ2) is 17.8. The zero-order valence-corrected chi connectivity index (χ0v) is 28.7. The van der Waals surface area contributed by atoms with Gasteiger partial charge in [-0.25, -0.2) is 9.59 Å². The third kappa shape index (κ3) is 9.61. The number of carboxylic acid groups (broad SMARTS) is 1. The van der Waals surface area contributed by atoms with Gasteiger partial charge >= 0.3 is 18.1 Å². The normalized spacial score (nSPS) is 38.4. The van der Waals surface area contributed by atoms with E-state index in [0.717, 1.165) is 32.1 Å². The molecule has 0 bridgehead atoms. The van der Waals surface area contributed by atoms with E-state index < -0.39 is 110 Å². The zero-order chi connectivity index (χ0) is 37.7. The van der Waals surface area contributed by atoms with E-state index in [-0.39, 0.29) is 24.3 Å². The van der Waals surface area contributed by atoms with Crippen LogP contribution in [0.15, 0.2) is 30.3 Å². The van der Waals surface area contributed by atoms with Gasteiger partial charge in [0.05, 0.1) is 24.4 Å². The number of esters is 1. The molecule has 0 aromatic heterocycles. The fraction of sp³-hybridized carbons (Fsp3) is 0.771. The third-order valence-electron chi connectivity index (χ3n) is 10.5. The lowest BCUT2D eigenvalue weighted by Crippen LogP contribution is -2.64. The summed E-state index contributed by atoms with van der Waals surface area (Å²) in [6, 6.07) is 7.78. The summed E-state index contributed by atoms with van der Waals surface area (Å²) in [6.45, 7) is 0.939. The number of carboxylic acids is 1. The molecule has 0 amide bonds. The van der Waals surface area contributed by atoms with Crippen molar-refractivity contribution >= 4 is 11.9 Å². The van der Waals surface area contributed by atoms with Crippen LogP contribution in [0.2, 0.25) is 0 Å². The van der Waals surface area contributed by atoms with Crippen molar-refractivity contribution < 1.29 is 81.8 Å². The van der Waals surface area contributed by atoms with Crippen molar-refractivity contribution in [1.29, 1.82) is 0 Å². The lowest BCUT2D eigenvalue weighted by molar-refractivity contribution is -0.374. The standard InChI is InChI=1S/C35H49F3O14/c1-17-9-8-14-20(27(17)51-33-26(43)24(41)25(42)30(52-33)35(36,37)38)48-34-29(50-32(46)19-12-6-3-7-13-19)28(23(40)22(16-39)49-34)47-21(31(44)45)15-18-10-4-2-5-11-18/h3,6-7,12-13,17-18,20-30,33-34,39-43H,2,4-5,8-11,14-16H2,1H3,(H,44,45)/t17?,20-,21+,22?,23+,24?,25+,26?,27?,28?,29?,30?,33-,34-/m1/s1. The third-order valence-corrected chi connectivity index (χ3v) is 10.5. The van der Waals surface area contributed by atoms with Gasteiger partial charge in [-0.05, 0) is 43.2 Å². The molecule has 14 atom stereocenters. The van der Waals surface area contributed by atoms with Crippen LogP contribution in [0.3, 0.4) is 0 Å². The number of ether oxygens (including phenoxy) is 6. The van der Waals surface area contributed by atoms with Crippen molar-refractivity contribution in [2.24, 2.45) is 11.8 Å². The Labute approximate surface area is 298 Å². The molecule has 2 saturated heterocycles. The Bertz CT molecular complexity index is 1300. The molecular weight excluding hydrogens is 701 g/mol. The van der Waals surface area contributed by atoms with Crippen LogP contribution >= 0.6 is 0 Å². The van der Waals surface area contributed by atoms with Crippen molar-refractivity contribution in [3.05, 3.63) is 35.9 Å². The summed E-state index contributed by atoms with van der Waals surface area (Å²) in [4.78, 5) is 25.9. The van der Waals surface area contributed by atoms with Gasteiger partial charge in [-0.3, -0.25) is 0 Å². The molecule has 2 aliphatic carbocycles. The fourth-order valence-corrected chi connectivity index (χ4v) is 7.59. The highest BCUT2D eigenvalue weighted by Crippen LogP contribution is 2.39. The lowest BCUT2D eigenvalue weighted by atomic mass is 9.85. The first-order valence-corrected chi connectivity index (χ1v) is 17.9. The van der Waals surface area contributed by atoms with Gasteiger partial charge in [0.2, 0.25) is 0 Å². The highest BCUT2D eigenvalue weighted by Gasteiger charge is 2.57. The second-order valence-electron chi connectivity index (χ2n) is 14.2. The Morgan fingerprint density at radius 3 is 2.15 bits per heavy atom. The molecule has 1 aromatic carbocycles. The zero-order valence-electron chi connectivity index (χ0n) is 28.7. The highest BCUT2D eigenvalue weighted by molar-refractivity contribution is 5.89. The summed E-state index contributed by atoms with van der Waals surface area (Å²) in [7, 11) is 0.